The Labute approximate surface area is 146 Å². The van der Waals surface area contributed by atoms with Crippen LogP contribution in [0, 0.1) is 6.92 Å². The molecule has 3 rings (SSSR count). The highest BCUT2D eigenvalue weighted by Gasteiger charge is 2.32. The molecule has 1 atom stereocenters. The molecule has 1 saturated carbocycles. The van der Waals surface area contributed by atoms with Crippen molar-refractivity contribution < 1.29 is 14.6 Å². The van der Waals surface area contributed by atoms with Gasteiger partial charge in [-0.15, -0.1) is 0 Å². The van der Waals surface area contributed by atoms with Crippen LogP contribution in [0.1, 0.15) is 43.7 Å². The van der Waals surface area contributed by atoms with Crippen molar-refractivity contribution in [1.29, 1.82) is 0 Å². The Bertz CT molecular complexity index is 546. The fourth-order valence-electron chi connectivity index (χ4n) is 4.19. The summed E-state index contributed by atoms with van der Waals surface area (Å²) in [6.07, 6.45) is 4.88. The molecule has 1 aromatic rings. The van der Waals surface area contributed by atoms with E-state index in [-0.39, 0.29) is 11.9 Å². The summed E-state index contributed by atoms with van der Waals surface area (Å²) < 4.78 is 0. The number of carbonyl (C=O) groups is 1. The predicted molar refractivity (Wildman–Crippen MR) is 96.1 cm³/mol. The number of benzene rings is 1. The molecule has 0 aromatic heterocycles. The van der Waals surface area contributed by atoms with Gasteiger partial charge in [-0.25, -0.2) is 0 Å². The smallest absolute Gasteiger partial charge is 0.278 e. The third kappa shape index (κ3) is 4.37. The number of piperazine rings is 1. The molecular weight excluding hydrogens is 298 g/mol. The molecule has 24 heavy (non-hydrogen) atoms. The van der Waals surface area contributed by atoms with Gasteiger partial charge in [0, 0.05) is 11.6 Å². The third-order valence-corrected chi connectivity index (χ3v) is 6.01. The molecule has 132 valence electrons. The summed E-state index contributed by atoms with van der Waals surface area (Å²) in [5.74, 6) is 0.263. The molecule has 4 heteroatoms. The summed E-state index contributed by atoms with van der Waals surface area (Å²) in [6.45, 7) is 9.93. The topological polar surface area (TPSA) is 38.0 Å². The Morgan fingerprint density at radius 3 is 2.50 bits per heavy atom. The minimum atomic E-state index is 0.0885. The van der Waals surface area contributed by atoms with Crippen molar-refractivity contribution in [2.24, 2.45) is 0 Å². The van der Waals surface area contributed by atoms with Crippen LogP contribution in [0.4, 0.5) is 0 Å². The average molecular weight is 332 g/mol. The zero-order valence-electron chi connectivity index (χ0n) is 15.2. The largest absolute Gasteiger partial charge is 0.348 e. The highest BCUT2D eigenvalue weighted by Crippen LogP contribution is 2.17. The second-order valence-corrected chi connectivity index (χ2v) is 7.72. The van der Waals surface area contributed by atoms with Crippen LogP contribution in [0.25, 0.3) is 0 Å². The van der Waals surface area contributed by atoms with E-state index in [0.29, 0.717) is 6.04 Å². The first-order valence-electron chi connectivity index (χ1n) is 9.66. The molecule has 1 amide bonds. The molecule has 0 bridgehead atoms. The number of rotatable bonds is 5. The lowest BCUT2D eigenvalue weighted by atomic mass is 10.1. The molecule has 0 radical (unpaired) electrons. The fraction of sp³-hybridized carbons (Fsp3) is 0.650. The SMILES string of the molecule is Cc1ccccc1C[NH+]1CC[NH+]([C@@H](C)C(=O)NC2CCCC2)CC1. The van der Waals surface area contributed by atoms with Gasteiger partial charge in [0.25, 0.3) is 5.91 Å². The Morgan fingerprint density at radius 2 is 1.83 bits per heavy atom. The van der Waals surface area contributed by atoms with E-state index in [0.717, 1.165) is 32.7 Å². The van der Waals surface area contributed by atoms with Gasteiger partial charge in [-0.3, -0.25) is 4.79 Å². The summed E-state index contributed by atoms with van der Waals surface area (Å²) in [6, 6.07) is 9.22. The first-order valence-corrected chi connectivity index (χ1v) is 9.66. The highest BCUT2D eigenvalue weighted by atomic mass is 16.2. The lowest BCUT2D eigenvalue weighted by Crippen LogP contribution is -3.29. The minimum Gasteiger partial charge on any atom is -0.348 e. The number of amides is 1. The summed E-state index contributed by atoms with van der Waals surface area (Å²) >= 11 is 0. The number of carbonyl (C=O) groups excluding carboxylic acids is 1. The van der Waals surface area contributed by atoms with E-state index in [9.17, 15) is 4.79 Å². The Hall–Kier alpha value is -1.39. The first kappa shape index (κ1) is 17.4. The van der Waals surface area contributed by atoms with Crippen molar-refractivity contribution >= 4 is 5.91 Å². The van der Waals surface area contributed by atoms with E-state index in [1.807, 2.05) is 0 Å². The second-order valence-electron chi connectivity index (χ2n) is 7.72. The van der Waals surface area contributed by atoms with E-state index < -0.39 is 0 Å². The Morgan fingerprint density at radius 1 is 1.17 bits per heavy atom. The average Bonchev–Trinajstić information content (AvgIpc) is 3.10. The lowest BCUT2D eigenvalue weighted by molar-refractivity contribution is -1.02. The number of aryl methyl sites for hydroxylation is 1. The normalized spacial score (nSPS) is 26.2. The number of quaternary nitrogens is 2. The van der Waals surface area contributed by atoms with Crippen LogP contribution in [0.15, 0.2) is 24.3 Å². The van der Waals surface area contributed by atoms with Crippen LogP contribution in [-0.2, 0) is 11.3 Å². The first-order chi connectivity index (χ1) is 11.6. The van der Waals surface area contributed by atoms with E-state index >= 15 is 0 Å². The van der Waals surface area contributed by atoms with Crippen molar-refractivity contribution in [3.63, 3.8) is 0 Å². The zero-order chi connectivity index (χ0) is 16.9. The Balaban J connectivity index is 1.45. The second kappa shape index (κ2) is 8.13. The van der Waals surface area contributed by atoms with Crippen molar-refractivity contribution in [2.75, 3.05) is 26.2 Å². The molecule has 2 fully saturated rings. The molecule has 0 unspecified atom stereocenters. The van der Waals surface area contributed by atoms with Crippen LogP contribution >= 0.6 is 0 Å². The Kier molecular flexibility index (Phi) is 5.90. The van der Waals surface area contributed by atoms with E-state index in [4.69, 9.17) is 0 Å². The maximum atomic E-state index is 12.5. The number of hydrogen-bond donors (Lipinski definition) is 3. The monoisotopic (exact) mass is 331 g/mol. The van der Waals surface area contributed by atoms with E-state index in [1.54, 1.807) is 4.90 Å². The summed E-state index contributed by atoms with van der Waals surface area (Å²) in [5.41, 5.74) is 2.85. The number of hydrogen-bond acceptors (Lipinski definition) is 1. The van der Waals surface area contributed by atoms with E-state index in [1.165, 1.54) is 41.7 Å². The van der Waals surface area contributed by atoms with Gasteiger partial charge >= 0.3 is 0 Å². The molecule has 1 saturated heterocycles. The standard InChI is InChI=1S/C20H31N3O/c1-16-7-3-4-8-18(16)15-22-11-13-23(14-12-22)17(2)20(24)21-19-9-5-6-10-19/h3-4,7-8,17,19H,5-6,9-15H2,1-2H3,(H,21,24)/p+2/t17-/m0/s1. The summed E-state index contributed by atoms with van der Waals surface area (Å²) in [5, 5.41) is 3.27. The van der Waals surface area contributed by atoms with Gasteiger partial charge in [0.2, 0.25) is 0 Å². The van der Waals surface area contributed by atoms with Crippen LogP contribution in [0.3, 0.4) is 0 Å². The van der Waals surface area contributed by atoms with Crippen molar-refractivity contribution in [2.45, 2.75) is 58.2 Å². The zero-order valence-corrected chi connectivity index (χ0v) is 15.2. The maximum absolute atomic E-state index is 12.5. The summed E-state index contributed by atoms with van der Waals surface area (Å²) in [7, 11) is 0. The predicted octanol–water partition coefficient (Wildman–Crippen LogP) is -0.274. The molecule has 3 N–H and O–H groups in total. The van der Waals surface area contributed by atoms with Gasteiger partial charge in [-0.1, -0.05) is 37.1 Å². The minimum absolute atomic E-state index is 0.0885. The maximum Gasteiger partial charge on any atom is 0.278 e. The molecule has 2 aliphatic rings. The third-order valence-electron chi connectivity index (χ3n) is 6.01. The van der Waals surface area contributed by atoms with Crippen LogP contribution in [0.2, 0.25) is 0 Å². The molecule has 1 aliphatic heterocycles. The molecule has 4 nitrogen and oxygen atoms in total. The van der Waals surface area contributed by atoms with Crippen molar-refractivity contribution in [1.82, 2.24) is 5.32 Å². The van der Waals surface area contributed by atoms with Crippen LogP contribution < -0.4 is 15.1 Å². The molecule has 1 aromatic carbocycles. The molecule has 1 aliphatic carbocycles. The van der Waals surface area contributed by atoms with Gasteiger partial charge in [0.1, 0.15) is 32.7 Å². The molecular formula is C20H33N3O+2. The van der Waals surface area contributed by atoms with Crippen LogP contribution in [0.5, 0.6) is 0 Å². The number of nitrogens with one attached hydrogen (secondary N) is 3. The summed E-state index contributed by atoms with van der Waals surface area (Å²) in [4.78, 5) is 15.6. The van der Waals surface area contributed by atoms with E-state index in [2.05, 4.69) is 43.4 Å². The fourth-order valence-corrected chi connectivity index (χ4v) is 4.19. The van der Waals surface area contributed by atoms with Crippen LogP contribution in [-0.4, -0.2) is 44.2 Å². The quantitative estimate of drug-likeness (QED) is 0.683. The van der Waals surface area contributed by atoms with Crippen molar-refractivity contribution in [3.05, 3.63) is 35.4 Å². The van der Waals surface area contributed by atoms with Crippen molar-refractivity contribution in [3.8, 4) is 0 Å². The highest BCUT2D eigenvalue weighted by molar-refractivity contribution is 5.80. The van der Waals surface area contributed by atoms with Gasteiger partial charge in [0.05, 0.1) is 0 Å². The van der Waals surface area contributed by atoms with Gasteiger partial charge in [-0.2, -0.15) is 0 Å². The molecule has 0 spiro atoms. The molecule has 1 heterocycles. The lowest BCUT2D eigenvalue weighted by Gasteiger charge is -2.33. The van der Waals surface area contributed by atoms with Gasteiger partial charge < -0.3 is 15.1 Å². The van der Waals surface area contributed by atoms with Gasteiger partial charge in [-0.05, 0) is 32.3 Å². The van der Waals surface area contributed by atoms with Gasteiger partial charge in [0.15, 0.2) is 6.04 Å².